The number of nitrogens with two attached hydrogens (primary N) is 1. The average Bonchev–Trinajstić information content (AvgIpc) is 2.92. The number of carbonyl (C=O) groups is 1. The molecule has 0 saturated carbocycles. The van der Waals surface area contributed by atoms with E-state index < -0.39 is 21.8 Å². The monoisotopic (exact) mass is 410 g/mol. The molecule has 0 aliphatic carbocycles. The van der Waals surface area contributed by atoms with Gasteiger partial charge in [0.2, 0.25) is 10.0 Å². The molecule has 0 unspecified atom stereocenters. The summed E-state index contributed by atoms with van der Waals surface area (Å²) < 4.78 is 40.5. The molecule has 0 aliphatic rings. The molecular formula is C18H23FN4O4S. The number of benzene rings is 1. The number of sulfonamides is 1. The maximum atomic E-state index is 13.8. The second-order valence-corrected chi connectivity index (χ2v) is 8.52. The molecule has 10 heteroatoms. The Morgan fingerprint density at radius 2 is 1.93 bits per heavy atom. The Morgan fingerprint density at radius 3 is 2.43 bits per heavy atom. The number of carboxylic acids is 1. The number of aromatic carboxylic acids is 1. The molecule has 2 aromatic rings. The van der Waals surface area contributed by atoms with Crippen LogP contribution in [-0.4, -0.2) is 54.2 Å². The number of nitrogens with zero attached hydrogens (tertiary/aromatic N) is 3. The predicted molar refractivity (Wildman–Crippen MR) is 102 cm³/mol. The zero-order chi connectivity index (χ0) is 21.1. The lowest BCUT2D eigenvalue weighted by atomic mass is 10.0. The molecular weight excluding hydrogens is 387 g/mol. The van der Waals surface area contributed by atoms with E-state index in [2.05, 4.69) is 5.10 Å². The first-order chi connectivity index (χ1) is 13.1. The lowest BCUT2D eigenvalue weighted by molar-refractivity contribution is 0.0688. The summed E-state index contributed by atoms with van der Waals surface area (Å²) in [6.07, 6.45) is 1.42. The van der Waals surface area contributed by atoms with Crippen LogP contribution in [-0.2, 0) is 23.0 Å². The highest BCUT2D eigenvalue weighted by Gasteiger charge is 2.22. The minimum Gasteiger partial charge on any atom is -0.476 e. The Labute approximate surface area is 163 Å². The number of hydrogen-bond donors (Lipinski definition) is 2. The molecule has 0 aliphatic heterocycles. The van der Waals surface area contributed by atoms with Gasteiger partial charge in [-0.25, -0.2) is 21.9 Å². The predicted octanol–water partition coefficient (Wildman–Crippen LogP) is 1.54. The summed E-state index contributed by atoms with van der Waals surface area (Å²) in [4.78, 5) is 11.7. The molecule has 0 bridgehead atoms. The quantitative estimate of drug-likeness (QED) is 0.681. The van der Waals surface area contributed by atoms with E-state index in [1.54, 1.807) is 19.1 Å². The highest BCUT2D eigenvalue weighted by molar-refractivity contribution is 7.89. The zero-order valence-electron chi connectivity index (χ0n) is 15.9. The summed E-state index contributed by atoms with van der Waals surface area (Å²) in [5, 5.41) is 13.4. The van der Waals surface area contributed by atoms with E-state index in [9.17, 15) is 22.7 Å². The summed E-state index contributed by atoms with van der Waals surface area (Å²) in [7, 11) is -0.661. The molecule has 2 rings (SSSR count). The summed E-state index contributed by atoms with van der Waals surface area (Å²) in [6, 6.07) is 6.17. The molecule has 0 atom stereocenters. The summed E-state index contributed by atoms with van der Waals surface area (Å²) in [5.74, 6) is -1.72. The van der Waals surface area contributed by atoms with Gasteiger partial charge in [0.25, 0.3) is 0 Å². The van der Waals surface area contributed by atoms with Crippen molar-refractivity contribution in [1.82, 2.24) is 14.1 Å². The SMILES string of the molecule is Cc1c(Cc2ccc(S(=O)(=O)N(C)C)cc2)c(C(=O)O)nn1C/C(F)=C/CN. The maximum absolute atomic E-state index is 13.8. The Balaban J connectivity index is 2.36. The minimum absolute atomic E-state index is 0.0347. The third-order valence-corrected chi connectivity index (χ3v) is 6.09. The summed E-state index contributed by atoms with van der Waals surface area (Å²) in [6.45, 7) is 1.49. The molecule has 152 valence electrons. The van der Waals surface area contributed by atoms with Gasteiger partial charge in [-0.2, -0.15) is 5.10 Å². The molecule has 0 radical (unpaired) electrons. The fourth-order valence-electron chi connectivity index (χ4n) is 2.65. The van der Waals surface area contributed by atoms with Crippen LogP contribution in [0.4, 0.5) is 4.39 Å². The Kier molecular flexibility index (Phi) is 6.70. The van der Waals surface area contributed by atoms with Gasteiger partial charge in [0, 0.05) is 38.3 Å². The number of carboxylic acid groups (broad SMARTS) is 1. The highest BCUT2D eigenvalue weighted by atomic mass is 32.2. The first-order valence-electron chi connectivity index (χ1n) is 8.43. The molecule has 0 saturated heterocycles. The largest absolute Gasteiger partial charge is 0.476 e. The Hall–Kier alpha value is -2.56. The van der Waals surface area contributed by atoms with Gasteiger partial charge >= 0.3 is 5.97 Å². The van der Waals surface area contributed by atoms with Crippen molar-refractivity contribution in [3.05, 3.63) is 58.7 Å². The van der Waals surface area contributed by atoms with Crippen molar-refractivity contribution < 1.29 is 22.7 Å². The molecule has 1 aromatic heterocycles. The van der Waals surface area contributed by atoms with E-state index in [1.807, 2.05) is 0 Å². The number of halogens is 1. The van der Waals surface area contributed by atoms with Gasteiger partial charge in [-0.3, -0.25) is 4.68 Å². The van der Waals surface area contributed by atoms with Crippen LogP contribution in [0.3, 0.4) is 0 Å². The molecule has 1 aromatic carbocycles. The summed E-state index contributed by atoms with van der Waals surface area (Å²) >= 11 is 0. The highest BCUT2D eigenvalue weighted by Crippen LogP contribution is 2.21. The van der Waals surface area contributed by atoms with Crippen LogP contribution in [0.25, 0.3) is 0 Å². The van der Waals surface area contributed by atoms with Gasteiger partial charge in [0.1, 0.15) is 5.83 Å². The fraction of sp³-hybridized carbons (Fsp3) is 0.333. The van der Waals surface area contributed by atoms with E-state index in [1.165, 1.54) is 37.0 Å². The van der Waals surface area contributed by atoms with Crippen LogP contribution < -0.4 is 5.73 Å². The molecule has 8 nitrogen and oxygen atoms in total. The van der Waals surface area contributed by atoms with Crippen molar-refractivity contribution in [2.45, 2.75) is 24.8 Å². The first-order valence-corrected chi connectivity index (χ1v) is 9.87. The summed E-state index contributed by atoms with van der Waals surface area (Å²) in [5.41, 5.74) is 6.78. The molecule has 0 fully saturated rings. The van der Waals surface area contributed by atoms with Crippen molar-refractivity contribution in [3.8, 4) is 0 Å². The third kappa shape index (κ3) is 4.64. The van der Waals surface area contributed by atoms with Gasteiger partial charge in [-0.05, 0) is 30.7 Å². The standard InChI is InChI=1S/C18H23FN4O4S/c1-12-16(17(18(24)25)21-23(12)11-14(19)8-9-20)10-13-4-6-15(7-5-13)28(26,27)22(2)3/h4-8H,9-11,20H2,1-3H3,(H,24,25)/b14-8-. The molecule has 1 heterocycles. The molecule has 0 spiro atoms. The van der Waals surface area contributed by atoms with Crippen LogP contribution in [0.5, 0.6) is 0 Å². The number of aromatic nitrogens is 2. The van der Waals surface area contributed by atoms with Gasteiger partial charge < -0.3 is 10.8 Å². The number of rotatable bonds is 8. The molecule has 28 heavy (non-hydrogen) atoms. The lowest BCUT2D eigenvalue weighted by Gasteiger charge is -2.11. The van der Waals surface area contributed by atoms with Crippen LogP contribution in [0, 0.1) is 6.92 Å². The maximum Gasteiger partial charge on any atom is 0.356 e. The van der Waals surface area contributed by atoms with Gasteiger partial charge in [0.15, 0.2) is 5.69 Å². The second-order valence-electron chi connectivity index (χ2n) is 6.37. The minimum atomic E-state index is -3.55. The normalized spacial score (nSPS) is 12.6. The van der Waals surface area contributed by atoms with E-state index in [4.69, 9.17) is 5.73 Å². The van der Waals surface area contributed by atoms with Crippen molar-refractivity contribution in [2.24, 2.45) is 5.73 Å². The lowest BCUT2D eigenvalue weighted by Crippen LogP contribution is -2.22. The Bertz CT molecular complexity index is 995. The van der Waals surface area contributed by atoms with E-state index in [-0.39, 0.29) is 30.1 Å². The topological polar surface area (TPSA) is 119 Å². The number of hydrogen-bond acceptors (Lipinski definition) is 5. The Morgan fingerprint density at radius 1 is 1.32 bits per heavy atom. The molecule has 0 amide bonds. The van der Waals surface area contributed by atoms with Crippen LogP contribution in [0.2, 0.25) is 0 Å². The third-order valence-electron chi connectivity index (χ3n) is 4.26. The first kappa shape index (κ1) is 21.7. The van der Waals surface area contributed by atoms with Crippen molar-refractivity contribution in [1.29, 1.82) is 0 Å². The van der Waals surface area contributed by atoms with Gasteiger partial charge in [-0.15, -0.1) is 0 Å². The second kappa shape index (κ2) is 8.63. The van der Waals surface area contributed by atoms with Crippen molar-refractivity contribution in [3.63, 3.8) is 0 Å². The van der Waals surface area contributed by atoms with Crippen molar-refractivity contribution >= 4 is 16.0 Å². The molecule has 3 N–H and O–H groups in total. The van der Waals surface area contributed by atoms with Gasteiger partial charge in [-0.1, -0.05) is 12.1 Å². The van der Waals surface area contributed by atoms with Gasteiger partial charge in [0.05, 0.1) is 11.4 Å². The average molecular weight is 410 g/mol. The van der Waals surface area contributed by atoms with Crippen molar-refractivity contribution in [2.75, 3.05) is 20.6 Å². The van der Waals surface area contributed by atoms with E-state index in [0.29, 0.717) is 16.8 Å². The van der Waals surface area contributed by atoms with E-state index >= 15 is 0 Å². The number of allylic oxidation sites excluding steroid dienone is 1. The fourth-order valence-corrected chi connectivity index (χ4v) is 3.55. The van der Waals surface area contributed by atoms with E-state index in [0.717, 1.165) is 4.31 Å². The zero-order valence-corrected chi connectivity index (χ0v) is 16.7. The van der Waals surface area contributed by atoms with Crippen LogP contribution in [0.15, 0.2) is 41.1 Å². The smallest absolute Gasteiger partial charge is 0.356 e. The van der Waals surface area contributed by atoms with Crippen LogP contribution in [0.1, 0.15) is 27.3 Å². The van der Waals surface area contributed by atoms with Crippen LogP contribution >= 0.6 is 0 Å².